The monoisotopic (exact) mass is 360 g/mol. The Morgan fingerprint density at radius 1 is 1.27 bits per heavy atom. The summed E-state index contributed by atoms with van der Waals surface area (Å²) < 4.78 is 4.89. The van der Waals surface area contributed by atoms with E-state index in [-0.39, 0.29) is 0 Å². The van der Waals surface area contributed by atoms with Gasteiger partial charge >= 0.3 is 5.97 Å². The van der Waals surface area contributed by atoms with Crippen LogP contribution >= 0.6 is 0 Å². The number of methoxy groups -OCH3 is 1. The van der Waals surface area contributed by atoms with Crippen molar-refractivity contribution in [2.24, 2.45) is 0 Å². The van der Waals surface area contributed by atoms with Crippen LogP contribution in [0.4, 0.5) is 5.69 Å². The number of hydrogen-bond donors (Lipinski definition) is 3. The Morgan fingerprint density at radius 2 is 1.96 bits per heavy atom. The lowest BCUT2D eigenvalue weighted by Gasteiger charge is -2.36. The number of hydrogen-bond acceptors (Lipinski definition) is 5. The predicted octanol–water partition coefficient (Wildman–Crippen LogP) is 1.52. The molecule has 1 heterocycles. The fourth-order valence-electron chi connectivity index (χ4n) is 3.97. The Morgan fingerprint density at radius 3 is 2.62 bits per heavy atom. The summed E-state index contributed by atoms with van der Waals surface area (Å²) in [7, 11) is 1.29. The summed E-state index contributed by atoms with van der Waals surface area (Å²) in [6.07, 6.45) is 3.14. The van der Waals surface area contributed by atoms with Crippen molar-refractivity contribution in [2.75, 3.05) is 12.4 Å². The van der Waals surface area contributed by atoms with Crippen molar-refractivity contribution in [1.29, 1.82) is 0 Å². The van der Waals surface area contributed by atoms with Crippen molar-refractivity contribution in [3.63, 3.8) is 0 Å². The van der Waals surface area contributed by atoms with E-state index in [2.05, 4.69) is 10.6 Å². The second-order valence-corrected chi connectivity index (χ2v) is 7.17. The van der Waals surface area contributed by atoms with Crippen molar-refractivity contribution in [2.45, 2.75) is 56.6 Å². The maximum Gasteiger partial charge on any atom is 0.331 e. The molecule has 1 aromatic rings. The van der Waals surface area contributed by atoms with Crippen LogP contribution < -0.4 is 10.6 Å². The van der Waals surface area contributed by atoms with Gasteiger partial charge in [0.2, 0.25) is 5.91 Å². The van der Waals surface area contributed by atoms with Crippen LogP contribution in [0.5, 0.6) is 0 Å². The number of carbonyl (C=O) groups excluding carboxylic acids is 3. The number of benzene rings is 1. The van der Waals surface area contributed by atoms with Crippen LogP contribution in [0.1, 0.15) is 49.7 Å². The van der Waals surface area contributed by atoms with Crippen LogP contribution in [-0.4, -0.2) is 35.5 Å². The molecule has 2 aliphatic rings. The highest BCUT2D eigenvalue weighted by Gasteiger charge is 2.49. The molecule has 1 saturated carbocycles. The fourth-order valence-corrected chi connectivity index (χ4v) is 3.97. The van der Waals surface area contributed by atoms with Crippen LogP contribution in [0.15, 0.2) is 18.2 Å². The number of aryl methyl sites for hydroxylation is 1. The van der Waals surface area contributed by atoms with Gasteiger partial charge in [-0.1, -0.05) is 37.5 Å². The minimum absolute atomic E-state index is 0.383. The van der Waals surface area contributed by atoms with E-state index in [0.717, 1.165) is 24.8 Å². The van der Waals surface area contributed by atoms with E-state index < -0.39 is 35.3 Å². The van der Waals surface area contributed by atoms with Gasteiger partial charge in [0.1, 0.15) is 5.54 Å². The van der Waals surface area contributed by atoms with Gasteiger partial charge in [-0.2, -0.15) is 0 Å². The quantitative estimate of drug-likeness (QED) is 0.706. The normalized spacial score (nSPS) is 23.7. The summed E-state index contributed by atoms with van der Waals surface area (Å²) in [5, 5.41) is 16.3. The highest BCUT2D eigenvalue weighted by molar-refractivity contribution is 6.07. The second kappa shape index (κ2) is 6.72. The first-order valence-corrected chi connectivity index (χ1v) is 8.86. The van der Waals surface area contributed by atoms with Crippen molar-refractivity contribution < 1.29 is 24.2 Å². The van der Waals surface area contributed by atoms with Gasteiger partial charge in [-0.15, -0.1) is 0 Å². The van der Waals surface area contributed by atoms with Gasteiger partial charge in [-0.05, 0) is 25.3 Å². The Hall–Kier alpha value is -2.41. The van der Waals surface area contributed by atoms with E-state index in [1.54, 1.807) is 12.1 Å². The SMILES string of the molecule is COC(=O)C1(NC(=O)CC2(O)C(=O)Nc3c(C)cccc32)CCCCC1. The van der Waals surface area contributed by atoms with Crippen molar-refractivity contribution in [3.05, 3.63) is 29.3 Å². The molecule has 1 aliphatic heterocycles. The fraction of sp³-hybridized carbons (Fsp3) is 0.526. The third-order valence-electron chi connectivity index (χ3n) is 5.41. The highest BCUT2D eigenvalue weighted by Crippen LogP contribution is 2.40. The largest absolute Gasteiger partial charge is 0.467 e. The van der Waals surface area contributed by atoms with E-state index in [1.165, 1.54) is 7.11 Å². The van der Waals surface area contributed by atoms with Crippen molar-refractivity contribution in [1.82, 2.24) is 5.32 Å². The first-order valence-electron chi connectivity index (χ1n) is 8.86. The molecule has 0 spiro atoms. The number of anilines is 1. The third-order valence-corrected chi connectivity index (χ3v) is 5.41. The molecule has 2 amide bonds. The molecule has 1 atom stereocenters. The molecule has 140 valence electrons. The summed E-state index contributed by atoms with van der Waals surface area (Å²) in [5.41, 5.74) is -1.30. The second-order valence-electron chi connectivity index (χ2n) is 7.17. The maximum atomic E-state index is 12.7. The molecule has 1 fully saturated rings. The van der Waals surface area contributed by atoms with Gasteiger partial charge in [-0.25, -0.2) is 4.79 Å². The van der Waals surface area contributed by atoms with Crippen LogP contribution in [0.2, 0.25) is 0 Å². The topological polar surface area (TPSA) is 105 Å². The average molecular weight is 360 g/mol. The maximum absolute atomic E-state index is 12.7. The standard InChI is InChI=1S/C19H24N2O5/c1-12-7-6-8-13-15(12)20-16(23)19(13,25)11-14(22)21-18(17(24)26-2)9-4-3-5-10-18/h6-8,25H,3-5,9-11H2,1-2H3,(H,20,23)(H,21,22). The van der Waals surface area contributed by atoms with Crippen molar-refractivity contribution >= 4 is 23.5 Å². The number of esters is 1. The Balaban J connectivity index is 1.82. The smallest absolute Gasteiger partial charge is 0.331 e. The molecule has 26 heavy (non-hydrogen) atoms. The molecule has 1 aliphatic carbocycles. The molecule has 3 N–H and O–H groups in total. The summed E-state index contributed by atoms with van der Waals surface area (Å²) in [6, 6.07) is 5.18. The van der Waals surface area contributed by atoms with Crippen LogP contribution in [0.3, 0.4) is 0 Å². The van der Waals surface area contributed by atoms with Gasteiger partial charge in [0.15, 0.2) is 5.60 Å². The number of amides is 2. The Labute approximate surface area is 152 Å². The zero-order chi connectivity index (χ0) is 18.9. The van der Waals surface area contributed by atoms with E-state index >= 15 is 0 Å². The minimum Gasteiger partial charge on any atom is -0.467 e. The van der Waals surface area contributed by atoms with Crippen LogP contribution in [0, 0.1) is 6.92 Å². The minimum atomic E-state index is -1.95. The van der Waals surface area contributed by atoms with Gasteiger partial charge in [0.25, 0.3) is 5.91 Å². The summed E-state index contributed by atoms with van der Waals surface area (Å²) in [5.74, 6) is -1.67. The zero-order valence-electron chi connectivity index (χ0n) is 15.1. The van der Waals surface area contributed by atoms with Crippen molar-refractivity contribution in [3.8, 4) is 0 Å². The lowest BCUT2D eigenvalue weighted by molar-refractivity contribution is -0.154. The molecular weight excluding hydrogens is 336 g/mol. The number of fused-ring (bicyclic) bond motifs is 1. The number of ether oxygens (including phenoxy) is 1. The van der Waals surface area contributed by atoms with E-state index in [1.807, 2.05) is 13.0 Å². The summed E-state index contributed by atoms with van der Waals surface area (Å²) in [6.45, 7) is 1.82. The highest BCUT2D eigenvalue weighted by atomic mass is 16.5. The number of para-hydroxylation sites is 1. The van der Waals surface area contributed by atoms with E-state index in [0.29, 0.717) is 24.1 Å². The number of nitrogens with one attached hydrogen (secondary N) is 2. The Kier molecular flexibility index (Phi) is 4.75. The zero-order valence-corrected chi connectivity index (χ0v) is 15.1. The summed E-state index contributed by atoms with van der Waals surface area (Å²) in [4.78, 5) is 37.3. The lowest BCUT2D eigenvalue weighted by atomic mass is 9.81. The van der Waals surface area contributed by atoms with Crippen LogP contribution in [-0.2, 0) is 24.7 Å². The molecule has 0 saturated heterocycles. The molecule has 0 radical (unpaired) electrons. The molecular formula is C19H24N2O5. The van der Waals surface area contributed by atoms with Gasteiger partial charge in [0, 0.05) is 5.56 Å². The molecule has 1 aromatic carbocycles. The number of carbonyl (C=O) groups is 3. The predicted molar refractivity (Wildman–Crippen MR) is 94.3 cm³/mol. The molecule has 3 rings (SSSR count). The molecule has 7 nitrogen and oxygen atoms in total. The lowest BCUT2D eigenvalue weighted by Crippen LogP contribution is -2.57. The Bertz CT molecular complexity index is 754. The molecule has 7 heteroatoms. The van der Waals surface area contributed by atoms with E-state index in [9.17, 15) is 19.5 Å². The van der Waals surface area contributed by atoms with Gasteiger partial charge in [0.05, 0.1) is 19.2 Å². The van der Waals surface area contributed by atoms with Crippen LogP contribution in [0.25, 0.3) is 0 Å². The van der Waals surface area contributed by atoms with Gasteiger partial charge in [-0.3, -0.25) is 9.59 Å². The van der Waals surface area contributed by atoms with Gasteiger partial charge < -0.3 is 20.5 Å². The van der Waals surface area contributed by atoms with E-state index in [4.69, 9.17) is 4.74 Å². The first-order chi connectivity index (χ1) is 12.3. The first kappa shape index (κ1) is 18.4. The molecule has 0 aromatic heterocycles. The third kappa shape index (κ3) is 2.96. The number of rotatable bonds is 4. The molecule has 1 unspecified atom stereocenters. The summed E-state index contributed by atoms with van der Waals surface area (Å²) >= 11 is 0. The average Bonchev–Trinajstić information content (AvgIpc) is 2.87. The number of aliphatic hydroxyl groups is 1. The molecule has 0 bridgehead atoms.